The van der Waals surface area contributed by atoms with Crippen molar-refractivity contribution in [2.45, 2.75) is 52.0 Å². The van der Waals surface area contributed by atoms with Gasteiger partial charge in [-0.2, -0.15) is 4.99 Å². The number of fused-ring (bicyclic) bond motifs is 1. The average molecular weight is 460 g/mol. The van der Waals surface area contributed by atoms with Crippen molar-refractivity contribution in [2.24, 2.45) is 4.99 Å². The third kappa shape index (κ3) is 4.81. The number of hydrogen-bond donors (Lipinski definition) is 0. The van der Waals surface area contributed by atoms with Gasteiger partial charge in [-0.15, -0.1) is 0 Å². The van der Waals surface area contributed by atoms with Crippen molar-refractivity contribution in [1.29, 1.82) is 0 Å². The molecular formula is C23H29N3O3S2. The highest BCUT2D eigenvalue weighted by molar-refractivity contribution is 7.89. The number of amides is 1. The Hall–Kier alpha value is -2.29. The van der Waals surface area contributed by atoms with Crippen molar-refractivity contribution in [3.8, 4) is 0 Å². The number of sulfonamides is 1. The first kappa shape index (κ1) is 23.4. The fourth-order valence-electron chi connectivity index (χ4n) is 3.31. The maximum absolute atomic E-state index is 12.8. The van der Waals surface area contributed by atoms with E-state index in [4.69, 9.17) is 0 Å². The van der Waals surface area contributed by atoms with E-state index in [0.29, 0.717) is 23.5 Å². The molecule has 2 aromatic carbocycles. The van der Waals surface area contributed by atoms with Gasteiger partial charge in [-0.3, -0.25) is 4.79 Å². The maximum atomic E-state index is 12.8. The van der Waals surface area contributed by atoms with E-state index in [9.17, 15) is 13.2 Å². The summed E-state index contributed by atoms with van der Waals surface area (Å²) in [5, 5.41) is 0. The van der Waals surface area contributed by atoms with Crippen molar-refractivity contribution in [1.82, 2.24) is 8.87 Å². The van der Waals surface area contributed by atoms with E-state index >= 15 is 0 Å². The van der Waals surface area contributed by atoms with Crippen LogP contribution in [-0.4, -0.2) is 36.8 Å². The number of carbonyl (C=O) groups excluding carboxylic acids is 1. The molecule has 1 heterocycles. The molecule has 3 rings (SSSR count). The zero-order chi connectivity index (χ0) is 22.8. The van der Waals surface area contributed by atoms with E-state index in [0.717, 1.165) is 23.1 Å². The molecule has 166 valence electrons. The van der Waals surface area contributed by atoms with Gasteiger partial charge in [-0.1, -0.05) is 24.7 Å². The average Bonchev–Trinajstić information content (AvgIpc) is 3.07. The molecule has 0 aliphatic carbocycles. The largest absolute Gasteiger partial charge is 0.317 e. The summed E-state index contributed by atoms with van der Waals surface area (Å²) in [5.41, 5.74) is 3.84. The summed E-state index contributed by atoms with van der Waals surface area (Å²) in [6.45, 7) is 9.36. The smallest absolute Gasteiger partial charge is 0.279 e. The van der Waals surface area contributed by atoms with E-state index in [2.05, 4.69) is 31.0 Å². The summed E-state index contributed by atoms with van der Waals surface area (Å²) in [4.78, 5) is 18.0. The molecule has 0 N–H and O–H groups in total. The molecule has 0 fully saturated rings. The molecular weight excluding hydrogens is 430 g/mol. The Bertz CT molecular complexity index is 1270. The second-order valence-corrected chi connectivity index (χ2v) is 10.7. The number of benzene rings is 2. The van der Waals surface area contributed by atoms with Crippen LogP contribution in [0.5, 0.6) is 0 Å². The van der Waals surface area contributed by atoms with Gasteiger partial charge >= 0.3 is 0 Å². The van der Waals surface area contributed by atoms with Crippen LogP contribution in [0, 0.1) is 13.8 Å². The van der Waals surface area contributed by atoms with Crippen LogP contribution >= 0.6 is 11.3 Å². The first-order valence-electron chi connectivity index (χ1n) is 10.4. The van der Waals surface area contributed by atoms with Gasteiger partial charge in [0.25, 0.3) is 5.91 Å². The van der Waals surface area contributed by atoms with E-state index in [-0.39, 0.29) is 10.8 Å². The lowest BCUT2D eigenvalue weighted by Crippen LogP contribution is -2.27. The molecule has 0 atom stereocenters. The Morgan fingerprint density at radius 3 is 2.35 bits per heavy atom. The number of aryl methyl sites for hydroxylation is 3. The monoisotopic (exact) mass is 459 g/mol. The number of aromatic nitrogens is 1. The normalized spacial score (nSPS) is 12.8. The number of carbonyl (C=O) groups is 1. The highest BCUT2D eigenvalue weighted by Crippen LogP contribution is 2.22. The van der Waals surface area contributed by atoms with E-state index in [1.807, 2.05) is 18.4 Å². The van der Waals surface area contributed by atoms with Gasteiger partial charge < -0.3 is 4.57 Å². The number of unbranched alkanes of at least 4 members (excludes halogenated alkanes) is 1. The quantitative estimate of drug-likeness (QED) is 0.522. The SMILES string of the molecule is CCCCN(C)S(=O)(=O)c1ccc(C(=O)N=c2sc3cc(C)c(C)cc3n2CC)cc1. The van der Waals surface area contributed by atoms with Gasteiger partial charge in [0.05, 0.1) is 15.1 Å². The first-order chi connectivity index (χ1) is 14.7. The zero-order valence-corrected chi connectivity index (χ0v) is 20.3. The summed E-state index contributed by atoms with van der Waals surface area (Å²) < 4.78 is 29.8. The highest BCUT2D eigenvalue weighted by atomic mass is 32.2. The lowest BCUT2D eigenvalue weighted by atomic mass is 10.1. The van der Waals surface area contributed by atoms with Crippen LogP contribution in [0.25, 0.3) is 10.2 Å². The van der Waals surface area contributed by atoms with Gasteiger partial charge in [-0.25, -0.2) is 12.7 Å². The molecule has 0 radical (unpaired) electrons. The summed E-state index contributed by atoms with van der Waals surface area (Å²) in [6, 6.07) is 10.3. The third-order valence-corrected chi connectivity index (χ3v) is 8.36. The Kier molecular flexibility index (Phi) is 7.13. The van der Waals surface area contributed by atoms with Crippen LogP contribution in [-0.2, 0) is 16.6 Å². The van der Waals surface area contributed by atoms with Gasteiger partial charge in [-0.05, 0) is 74.7 Å². The van der Waals surface area contributed by atoms with Crippen molar-refractivity contribution in [3.05, 3.63) is 57.9 Å². The molecule has 0 spiro atoms. The van der Waals surface area contributed by atoms with Crippen LogP contribution < -0.4 is 4.80 Å². The van der Waals surface area contributed by atoms with Crippen LogP contribution in [0.4, 0.5) is 0 Å². The van der Waals surface area contributed by atoms with Gasteiger partial charge in [0.1, 0.15) is 0 Å². The highest BCUT2D eigenvalue weighted by Gasteiger charge is 2.20. The number of hydrogen-bond acceptors (Lipinski definition) is 4. The first-order valence-corrected chi connectivity index (χ1v) is 12.7. The lowest BCUT2D eigenvalue weighted by Gasteiger charge is -2.16. The topological polar surface area (TPSA) is 71.7 Å². The van der Waals surface area contributed by atoms with Gasteiger partial charge in [0, 0.05) is 25.7 Å². The molecule has 0 bridgehead atoms. The fourth-order valence-corrected chi connectivity index (χ4v) is 5.70. The van der Waals surface area contributed by atoms with Crippen molar-refractivity contribution in [2.75, 3.05) is 13.6 Å². The Morgan fingerprint density at radius 1 is 1.10 bits per heavy atom. The Morgan fingerprint density at radius 2 is 1.74 bits per heavy atom. The van der Waals surface area contributed by atoms with Crippen LogP contribution in [0.2, 0.25) is 0 Å². The predicted molar refractivity (Wildman–Crippen MR) is 126 cm³/mol. The molecule has 0 unspecified atom stereocenters. The van der Waals surface area contributed by atoms with Crippen LogP contribution in [0.3, 0.4) is 0 Å². The number of thiazole rings is 1. The summed E-state index contributed by atoms with van der Waals surface area (Å²) in [5.74, 6) is -0.384. The molecule has 0 saturated heterocycles. The molecule has 31 heavy (non-hydrogen) atoms. The summed E-state index contributed by atoms with van der Waals surface area (Å²) >= 11 is 1.49. The van der Waals surface area contributed by atoms with Gasteiger partial charge in [0.2, 0.25) is 10.0 Å². The van der Waals surface area contributed by atoms with E-state index in [1.54, 1.807) is 7.05 Å². The summed E-state index contributed by atoms with van der Waals surface area (Å²) in [6.07, 6.45) is 1.72. The van der Waals surface area contributed by atoms with Crippen LogP contribution in [0.15, 0.2) is 46.3 Å². The second kappa shape index (κ2) is 9.46. The summed E-state index contributed by atoms with van der Waals surface area (Å²) in [7, 11) is -1.98. The van der Waals surface area contributed by atoms with Crippen molar-refractivity contribution < 1.29 is 13.2 Å². The molecule has 0 aliphatic heterocycles. The minimum atomic E-state index is -3.56. The lowest BCUT2D eigenvalue weighted by molar-refractivity contribution is 0.0997. The molecule has 1 aromatic heterocycles. The number of rotatable bonds is 7. The number of nitrogens with zero attached hydrogens (tertiary/aromatic N) is 3. The molecule has 0 saturated carbocycles. The predicted octanol–water partition coefficient (Wildman–Crippen LogP) is 4.50. The minimum absolute atomic E-state index is 0.180. The molecule has 0 aliphatic rings. The standard InChI is InChI=1S/C23H29N3O3S2/c1-6-8-13-25(5)31(28,29)19-11-9-18(10-12-19)22(27)24-23-26(7-2)20-14-16(3)17(4)15-21(20)30-23/h9-12,14-15H,6-8,13H2,1-5H3. The molecule has 6 nitrogen and oxygen atoms in total. The fraction of sp³-hybridized carbons (Fsp3) is 0.391. The maximum Gasteiger partial charge on any atom is 0.279 e. The zero-order valence-electron chi connectivity index (χ0n) is 18.7. The van der Waals surface area contributed by atoms with Crippen molar-refractivity contribution in [3.63, 3.8) is 0 Å². The van der Waals surface area contributed by atoms with Crippen LogP contribution in [0.1, 0.15) is 48.2 Å². The Labute approximate surface area is 187 Å². The third-order valence-electron chi connectivity index (χ3n) is 5.45. The Balaban J connectivity index is 1.93. The second-order valence-electron chi connectivity index (χ2n) is 7.65. The molecule has 8 heteroatoms. The van der Waals surface area contributed by atoms with E-state index in [1.165, 1.54) is 51.0 Å². The van der Waals surface area contributed by atoms with Crippen molar-refractivity contribution >= 4 is 37.5 Å². The van der Waals surface area contributed by atoms with Gasteiger partial charge in [0.15, 0.2) is 4.80 Å². The molecule has 1 amide bonds. The minimum Gasteiger partial charge on any atom is -0.317 e. The molecule has 3 aromatic rings. The van der Waals surface area contributed by atoms with E-state index < -0.39 is 10.0 Å².